The lowest BCUT2D eigenvalue weighted by Gasteiger charge is -2.32. The number of methoxy groups -OCH3 is 1. The molecule has 152 valence electrons. The second-order valence-electron chi connectivity index (χ2n) is 7.68. The number of rotatable bonds is 3. The molecule has 29 heavy (non-hydrogen) atoms. The van der Waals surface area contributed by atoms with Gasteiger partial charge >= 0.3 is 0 Å². The number of carbonyl (C=O) groups excluding carboxylic acids is 2. The molecule has 4 rings (SSSR count). The topological polar surface area (TPSA) is 75.6 Å². The number of nitrogens with zero attached hydrogens (tertiary/aromatic N) is 4. The van der Waals surface area contributed by atoms with E-state index in [1.807, 2.05) is 28.1 Å². The summed E-state index contributed by atoms with van der Waals surface area (Å²) in [6.45, 7) is 4.23. The van der Waals surface area contributed by atoms with Crippen LogP contribution in [0, 0.1) is 0 Å². The standard InChI is InChI=1S/C22H26N4O3/c1-15(27)25-10-5-6-16(13-25)21-23-12-17-14-26(11-9-19(17)24-21)22(28)18-7-3-4-8-20(18)29-2/h3-4,7-8,12,16H,5-6,9-11,13-14H2,1-2H3/t16-/m0/s1. The minimum Gasteiger partial charge on any atom is -0.496 e. The Labute approximate surface area is 170 Å². The number of amides is 2. The van der Waals surface area contributed by atoms with Crippen molar-refractivity contribution in [2.45, 2.75) is 38.6 Å². The third-order valence-corrected chi connectivity index (χ3v) is 5.81. The van der Waals surface area contributed by atoms with Crippen LogP contribution < -0.4 is 4.74 Å². The van der Waals surface area contributed by atoms with Gasteiger partial charge in [0.1, 0.15) is 11.6 Å². The molecule has 1 aromatic carbocycles. The first kappa shape index (κ1) is 19.4. The minimum atomic E-state index is -0.0402. The molecule has 2 aliphatic rings. The number of carbonyl (C=O) groups is 2. The molecule has 0 radical (unpaired) electrons. The number of aromatic nitrogens is 2. The summed E-state index contributed by atoms with van der Waals surface area (Å²) in [4.78, 5) is 37.8. The molecule has 2 amide bonds. The summed E-state index contributed by atoms with van der Waals surface area (Å²) in [5.74, 6) is 1.66. The minimum absolute atomic E-state index is 0.0402. The number of para-hydroxylation sites is 1. The van der Waals surface area contributed by atoms with Crippen molar-refractivity contribution in [3.63, 3.8) is 0 Å². The van der Waals surface area contributed by atoms with Crippen molar-refractivity contribution in [2.24, 2.45) is 0 Å². The average Bonchev–Trinajstić information content (AvgIpc) is 2.77. The Morgan fingerprint density at radius 1 is 1.17 bits per heavy atom. The van der Waals surface area contributed by atoms with E-state index in [-0.39, 0.29) is 17.7 Å². The van der Waals surface area contributed by atoms with Crippen LogP contribution in [0.1, 0.15) is 53.1 Å². The van der Waals surface area contributed by atoms with Crippen LogP contribution in [-0.2, 0) is 17.8 Å². The number of hydrogen-bond acceptors (Lipinski definition) is 5. The predicted molar refractivity (Wildman–Crippen MR) is 108 cm³/mol. The number of piperidine rings is 1. The maximum Gasteiger partial charge on any atom is 0.257 e. The molecule has 0 aliphatic carbocycles. The second kappa shape index (κ2) is 8.19. The van der Waals surface area contributed by atoms with Gasteiger partial charge < -0.3 is 14.5 Å². The van der Waals surface area contributed by atoms with E-state index in [4.69, 9.17) is 9.72 Å². The maximum absolute atomic E-state index is 13.0. The highest BCUT2D eigenvalue weighted by Gasteiger charge is 2.28. The molecule has 0 saturated carbocycles. The second-order valence-corrected chi connectivity index (χ2v) is 7.68. The third kappa shape index (κ3) is 3.95. The van der Waals surface area contributed by atoms with Crippen LogP contribution in [0.4, 0.5) is 0 Å². The lowest BCUT2D eigenvalue weighted by molar-refractivity contribution is -0.130. The molecule has 7 heteroatoms. The van der Waals surface area contributed by atoms with E-state index in [2.05, 4.69) is 4.98 Å². The summed E-state index contributed by atoms with van der Waals surface area (Å²) in [5, 5.41) is 0. The summed E-state index contributed by atoms with van der Waals surface area (Å²) in [7, 11) is 1.57. The average molecular weight is 394 g/mol. The molecule has 0 unspecified atom stereocenters. The first-order chi connectivity index (χ1) is 14.1. The Bertz CT molecular complexity index is 930. The van der Waals surface area contributed by atoms with Gasteiger partial charge in [-0.2, -0.15) is 0 Å². The lowest BCUT2D eigenvalue weighted by Crippen LogP contribution is -2.39. The van der Waals surface area contributed by atoms with Gasteiger partial charge in [-0.1, -0.05) is 12.1 Å². The van der Waals surface area contributed by atoms with Crippen LogP contribution in [0.2, 0.25) is 0 Å². The van der Waals surface area contributed by atoms with Gasteiger partial charge in [0.25, 0.3) is 5.91 Å². The van der Waals surface area contributed by atoms with Gasteiger partial charge in [-0.25, -0.2) is 9.97 Å². The summed E-state index contributed by atoms with van der Waals surface area (Å²) in [6, 6.07) is 7.29. The number of benzene rings is 1. The van der Waals surface area contributed by atoms with Crippen molar-refractivity contribution < 1.29 is 14.3 Å². The first-order valence-electron chi connectivity index (χ1n) is 10.1. The lowest BCUT2D eigenvalue weighted by atomic mass is 9.96. The van der Waals surface area contributed by atoms with E-state index in [9.17, 15) is 9.59 Å². The normalized spacial score (nSPS) is 18.9. The first-order valence-corrected chi connectivity index (χ1v) is 10.1. The fourth-order valence-electron chi connectivity index (χ4n) is 4.17. The van der Waals surface area contributed by atoms with Crippen molar-refractivity contribution in [1.29, 1.82) is 0 Å². The van der Waals surface area contributed by atoms with E-state index >= 15 is 0 Å². The van der Waals surface area contributed by atoms with E-state index in [0.29, 0.717) is 37.4 Å². The molecule has 2 aromatic rings. The van der Waals surface area contributed by atoms with E-state index in [1.165, 1.54) is 0 Å². The Morgan fingerprint density at radius 3 is 2.79 bits per heavy atom. The summed E-state index contributed by atoms with van der Waals surface area (Å²) < 4.78 is 5.33. The molecule has 2 aliphatic heterocycles. The van der Waals surface area contributed by atoms with Crippen LogP contribution in [0.5, 0.6) is 5.75 Å². The molecular weight excluding hydrogens is 368 g/mol. The molecule has 0 bridgehead atoms. The van der Waals surface area contributed by atoms with Crippen molar-refractivity contribution in [2.75, 3.05) is 26.7 Å². The fourth-order valence-corrected chi connectivity index (χ4v) is 4.17. The van der Waals surface area contributed by atoms with Gasteiger partial charge in [0, 0.05) is 57.2 Å². The summed E-state index contributed by atoms with van der Waals surface area (Å²) in [6.07, 6.45) is 4.54. The monoisotopic (exact) mass is 394 g/mol. The van der Waals surface area contributed by atoms with Gasteiger partial charge in [0.05, 0.1) is 18.4 Å². The SMILES string of the molecule is COc1ccccc1C(=O)N1CCc2nc([C@H]3CCCN(C(C)=O)C3)ncc2C1. The third-order valence-electron chi connectivity index (χ3n) is 5.81. The summed E-state index contributed by atoms with van der Waals surface area (Å²) >= 11 is 0. The van der Waals surface area contributed by atoms with Crippen LogP contribution in [-0.4, -0.2) is 58.3 Å². The van der Waals surface area contributed by atoms with Gasteiger partial charge in [0.15, 0.2) is 0 Å². The predicted octanol–water partition coefficient (Wildman–Crippen LogP) is 2.41. The molecule has 7 nitrogen and oxygen atoms in total. The van der Waals surface area contributed by atoms with E-state index in [0.717, 1.165) is 36.5 Å². The zero-order valence-corrected chi connectivity index (χ0v) is 16.9. The molecule has 1 saturated heterocycles. The molecule has 1 atom stereocenters. The number of ether oxygens (including phenoxy) is 1. The highest BCUT2D eigenvalue weighted by atomic mass is 16.5. The summed E-state index contributed by atoms with van der Waals surface area (Å²) in [5.41, 5.74) is 2.57. The molecular formula is C22H26N4O3. The molecule has 0 N–H and O–H groups in total. The highest BCUT2D eigenvalue weighted by molar-refractivity contribution is 5.97. The zero-order chi connectivity index (χ0) is 20.4. The van der Waals surface area contributed by atoms with Crippen molar-refractivity contribution in [3.8, 4) is 5.75 Å². The number of hydrogen-bond donors (Lipinski definition) is 0. The fraction of sp³-hybridized carbons (Fsp3) is 0.455. The molecule has 3 heterocycles. The van der Waals surface area contributed by atoms with Crippen molar-refractivity contribution in [3.05, 3.63) is 53.1 Å². The van der Waals surface area contributed by atoms with E-state index in [1.54, 1.807) is 26.2 Å². The van der Waals surface area contributed by atoms with Crippen LogP contribution in [0.3, 0.4) is 0 Å². The van der Waals surface area contributed by atoms with Gasteiger partial charge in [0.2, 0.25) is 5.91 Å². The Kier molecular flexibility index (Phi) is 5.47. The Hall–Kier alpha value is -2.96. The van der Waals surface area contributed by atoms with Gasteiger partial charge in [-0.3, -0.25) is 9.59 Å². The Balaban J connectivity index is 1.50. The molecule has 0 spiro atoms. The molecule has 1 fully saturated rings. The molecule has 1 aromatic heterocycles. The van der Waals surface area contributed by atoms with Crippen LogP contribution >= 0.6 is 0 Å². The maximum atomic E-state index is 13.0. The highest BCUT2D eigenvalue weighted by Crippen LogP contribution is 2.27. The van der Waals surface area contributed by atoms with Crippen LogP contribution in [0.15, 0.2) is 30.5 Å². The van der Waals surface area contributed by atoms with Crippen molar-refractivity contribution >= 4 is 11.8 Å². The Morgan fingerprint density at radius 2 is 2.00 bits per heavy atom. The zero-order valence-electron chi connectivity index (χ0n) is 16.9. The van der Waals surface area contributed by atoms with Gasteiger partial charge in [-0.15, -0.1) is 0 Å². The van der Waals surface area contributed by atoms with E-state index < -0.39 is 0 Å². The largest absolute Gasteiger partial charge is 0.496 e. The number of likely N-dealkylation sites (tertiary alicyclic amines) is 1. The van der Waals surface area contributed by atoms with Gasteiger partial charge in [-0.05, 0) is 25.0 Å². The van der Waals surface area contributed by atoms with Crippen LogP contribution in [0.25, 0.3) is 0 Å². The van der Waals surface area contributed by atoms with Crippen molar-refractivity contribution in [1.82, 2.24) is 19.8 Å². The number of fused-ring (bicyclic) bond motifs is 1. The smallest absolute Gasteiger partial charge is 0.257 e. The quantitative estimate of drug-likeness (QED) is 0.799.